The fraction of sp³-hybridized carbons (Fsp3) is 1.00. The highest BCUT2D eigenvalue weighted by atomic mass is 19.1. The minimum absolute atomic E-state index is 0.00567. The summed E-state index contributed by atoms with van der Waals surface area (Å²) in [6.45, 7) is 4.89. The van der Waals surface area contributed by atoms with Crippen LogP contribution in [0.3, 0.4) is 0 Å². The monoisotopic (exact) mass is 223 g/mol. The van der Waals surface area contributed by atoms with Crippen LogP contribution in [0.15, 0.2) is 0 Å². The molecule has 0 bridgehead atoms. The van der Waals surface area contributed by atoms with E-state index in [1.54, 1.807) is 0 Å². The lowest BCUT2D eigenvalue weighted by molar-refractivity contribution is 0.00466. The number of nitrogens with two attached hydrogens (primary N) is 1. The second-order valence-electron chi connectivity index (χ2n) is 3.13. The van der Waals surface area contributed by atoms with Gasteiger partial charge in [0.05, 0.1) is 33.0 Å². The molecule has 0 spiro atoms. The molecule has 0 amide bonds. The van der Waals surface area contributed by atoms with Crippen LogP contribution in [0, 0.1) is 0 Å². The maximum atomic E-state index is 12.5. The van der Waals surface area contributed by atoms with Crippen LogP contribution in [0.4, 0.5) is 4.39 Å². The molecular weight excluding hydrogens is 201 g/mol. The number of halogens is 1. The standard InChI is InChI=1S/C10H22FNO3/c1-2-3-13-4-5-14-6-7-15-9-10(11)8-12/h10H,2-9,12H2,1H3. The first-order chi connectivity index (χ1) is 7.31. The Labute approximate surface area is 90.9 Å². The Morgan fingerprint density at radius 2 is 1.53 bits per heavy atom. The highest BCUT2D eigenvalue weighted by molar-refractivity contribution is 4.52. The van der Waals surface area contributed by atoms with Gasteiger partial charge in [-0.05, 0) is 6.42 Å². The summed E-state index contributed by atoms with van der Waals surface area (Å²) >= 11 is 0. The third kappa shape index (κ3) is 11.7. The SMILES string of the molecule is CCCOCCOCCOCC(F)CN. The summed E-state index contributed by atoms with van der Waals surface area (Å²) in [5.74, 6) is 0. The minimum Gasteiger partial charge on any atom is -0.379 e. The van der Waals surface area contributed by atoms with Crippen LogP contribution in [0.2, 0.25) is 0 Å². The van der Waals surface area contributed by atoms with Crippen LogP contribution in [0.25, 0.3) is 0 Å². The predicted molar refractivity (Wildman–Crippen MR) is 56.7 cm³/mol. The van der Waals surface area contributed by atoms with Crippen molar-refractivity contribution in [2.75, 3.05) is 46.2 Å². The molecule has 15 heavy (non-hydrogen) atoms. The van der Waals surface area contributed by atoms with E-state index in [2.05, 4.69) is 6.92 Å². The molecule has 5 heteroatoms. The summed E-state index contributed by atoms with van der Waals surface area (Å²) in [7, 11) is 0. The molecule has 0 radical (unpaired) electrons. The van der Waals surface area contributed by atoms with Gasteiger partial charge in [0, 0.05) is 13.2 Å². The molecule has 4 nitrogen and oxygen atoms in total. The minimum atomic E-state index is -1.07. The summed E-state index contributed by atoms with van der Waals surface area (Å²) in [6.07, 6.45) is -0.0574. The molecule has 0 saturated heterocycles. The topological polar surface area (TPSA) is 53.7 Å². The average molecular weight is 223 g/mol. The Kier molecular flexibility index (Phi) is 11.7. The third-order valence-corrected chi connectivity index (χ3v) is 1.65. The Balaban J connectivity index is 2.92. The number of alkyl halides is 1. The Hall–Kier alpha value is -0.230. The van der Waals surface area contributed by atoms with Crippen molar-refractivity contribution in [2.45, 2.75) is 19.5 Å². The van der Waals surface area contributed by atoms with E-state index in [9.17, 15) is 4.39 Å². The van der Waals surface area contributed by atoms with Crippen molar-refractivity contribution in [3.05, 3.63) is 0 Å². The summed E-state index contributed by atoms with van der Waals surface area (Å²) in [6, 6.07) is 0. The smallest absolute Gasteiger partial charge is 0.135 e. The highest BCUT2D eigenvalue weighted by Crippen LogP contribution is 1.89. The van der Waals surface area contributed by atoms with Crippen molar-refractivity contribution >= 4 is 0 Å². The van der Waals surface area contributed by atoms with Gasteiger partial charge in [-0.2, -0.15) is 0 Å². The van der Waals surface area contributed by atoms with E-state index < -0.39 is 6.17 Å². The zero-order valence-corrected chi connectivity index (χ0v) is 9.41. The van der Waals surface area contributed by atoms with E-state index in [4.69, 9.17) is 19.9 Å². The maximum Gasteiger partial charge on any atom is 0.135 e. The molecule has 1 unspecified atom stereocenters. The number of ether oxygens (including phenoxy) is 3. The fourth-order valence-corrected chi connectivity index (χ4v) is 0.863. The van der Waals surface area contributed by atoms with Gasteiger partial charge >= 0.3 is 0 Å². The molecule has 0 aromatic rings. The zero-order chi connectivity index (χ0) is 11.4. The van der Waals surface area contributed by atoms with E-state index in [1.165, 1.54) is 0 Å². The summed E-state index contributed by atoms with van der Waals surface area (Å²) in [4.78, 5) is 0. The first-order valence-electron chi connectivity index (χ1n) is 5.38. The average Bonchev–Trinajstić information content (AvgIpc) is 2.26. The Bertz CT molecular complexity index is 127. The largest absolute Gasteiger partial charge is 0.379 e. The lowest BCUT2D eigenvalue weighted by atomic mass is 10.4. The molecule has 0 aliphatic rings. The molecule has 1 atom stereocenters. The quantitative estimate of drug-likeness (QED) is 0.525. The summed E-state index contributed by atoms with van der Waals surface area (Å²) in [5.41, 5.74) is 5.08. The molecule has 0 rings (SSSR count). The molecule has 0 aliphatic heterocycles. The van der Waals surface area contributed by atoms with Crippen LogP contribution >= 0.6 is 0 Å². The Morgan fingerprint density at radius 3 is 2.07 bits per heavy atom. The van der Waals surface area contributed by atoms with Crippen molar-refractivity contribution in [3.8, 4) is 0 Å². The number of hydrogen-bond donors (Lipinski definition) is 1. The molecule has 0 fully saturated rings. The summed E-state index contributed by atoms with van der Waals surface area (Å²) in [5, 5.41) is 0. The van der Waals surface area contributed by atoms with Gasteiger partial charge in [-0.1, -0.05) is 6.92 Å². The highest BCUT2D eigenvalue weighted by Gasteiger charge is 2.01. The van der Waals surface area contributed by atoms with Gasteiger partial charge in [-0.15, -0.1) is 0 Å². The van der Waals surface area contributed by atoms with Crippen LogP contribution in [0.1, 0.15) is 13.3 Å². The first kappa shape index (κ1) is 14.8. The summed E-state index contributed by atoms with van der Waals surface area (Å²) < 4.78 is 27.9. The van der Waals surface area contributed by atoms with Crippen LogP contribution in [-0.2, 0) is 14.2 Å². The van der Waals surface area contributed by atoms with Gasteiger partial charge in [0.1, 0.15) is 6.17 Å². The third-order valence-electron chi connectivity index (χ3n) is 1.65. The van der Waals surface area contributed by atoms with Crippen molar-refractivity contribution in [1.82, 2.24) is 0 Å². The van der Waals surface area contributed by atoms with E-state index in [0.717, 1.165) is 13.0 Å². The van der Waals surface area contributed by atoms with Crippen molar-refractivity contribution in [2.24, 2.45) is 5.73 Å². The van der Waals surface area contributed by atoms with E-state index in [1.807, 2.05) is 0 Å². The van der Waals surface area contributed by atoms with E-state index in [0.29, 0.717) is 26.4 Å². The number of hydrogen-bond acceptors (Lipinski definition) is 4. The van der Waals surface area contributed by atoms with Crippen LogP contribution in [-0.4, -0.2) is 52.4 Å². The van der Waals surface area contributed by atoms with E-state index >= 15 is 0 Å². The second kappa shape index (κ2) is 11.8. The van der Waals surface area contributed by atoms with Gasteiger partial charge in [0.15, 0.2) is 0 Å². The van der Waals surface area contributed by atoms with Gasteiger partial charge in [-0.25, -0.2) is 4.39 Å². The molecule has 0 heterocycles. The molecule has 0 aromatic carbocycles. The molecule has 0 saturated carbocycles. The lowest BCUT2D eigenvalue weighted by Crippen LogP contribution is -2.22. The van der Waals surface area contributed by atoms with E-state index in [-0.39, 0.29) is 13.2 Å². The van der Waals surface area contributed by atoms with Crippen molar-refractivity contribution in [1.29, 1.82) is 0 Å². The van der Waals surface area contributed by atoms with Crippen LogP contribution in [0.5, 0.6) is 0 Å². The van der Waals surface area contributed by atoms with Crippen LogP contribution < -0.4 is 5.73 Å². The van der Waals surface area contributed by atoms with Gasteiger partial charge in [-0.3, -0.25) is 0 Å². The molecule has 0 aromatic heterocycles. The number of rotatable bonds is 11. The second-order valence-corrected chi connectivity index (χ2v) is 3.13. The zero-order valence-electron chi connectivity index (χ0n) is 9.41. The molecular formula is C10H22FNO3. The van der Waals surface area contributed by atoms with Crippen molar-refractivity contribution < 1.29 is 18.6 Å². The van der Waals surface area contributed by atoms with Crippen molar-refractivity contribution in [3.63, 3.8) is 0 Å². The lowest BCUT2D eigenvalue weighted by Gasteiger charge is -2.07. The van der Waals surface area contributed by atoms with Gasteiger partial charge in [0.2, 0.25) is 0 Å². The maximum absolute atomic E-state index is 12.5. The molecule has 0 aliphatic carbocycles. The van der Waals surface area contributed by atoms with Gasteiger partial charge < -0.3 is 19.9 Å². The fourth-order valence-electron chi connectivity index (χ4n) is 0.863. The predicted octanol–water partition coefficient (Wildman–Crippen LogP) is 0.743. The first-order valence-corrected chi connectivity index (χ1v) is 5.38. The Morgan fingerprint density at radius 1 is 1.00 bits per heavy atom. The molecule has 2 N–H and O–H groups in total. The molecule has 92 valence electrons. The normalized spacial score (nSPS) is 13.0. The van der Waals surface area contributed by atoms with Gasteiger partial charge in [0.25, 0.3) is 0 Å².